The van der Waals surface area contributed by atoms with Gasteiger partial charge in [-0.1, -0.05) is 31.3 Å². The van der Waals surface area contributed by atoms with Crippen LogP contribution in [0.1, 0.15) is 38.7 Å². The van der Waals surface area contributed by atoms with Crippen molar-refractivity contribution in [2.24, 2.45) is 11.0 Å². The van der Waals surface area contributed by atoms with Crippen molar-refractivity contribution in [3.63, 3.8) is 0 Å². The van der Waals surface area contributed by atoms with E-state index in [1.165, 1.54) is 0 Å². The van der Waals surface area contributed by atoms with Crippen LogP contribution in [0.25, 0.3) is 0 Å². The molecule has 1 aliphatic heterocycles. The summed E-state index contributed by atoms with van der Waals surface area (Å²) in [6.45, 7) is 3.50. The van der Waals surface area contributed by atoms with Crippen LogP contribution >= 0.6 is 12.2 Å². The molecule has 1 amide bonds. The number of hydrogen-bond acceptors (Lipinski definition) is 4. The van der Waals surface area contributed by atoms with Crippen LogP contribution < -0.4 is 10.7 Å². The van der Waals surface area contributed by atoms with Gasteiger partial charge in [0.25, 0.3) is 0 Å². The summed E-state index contributed by atoms with van der Waals surface area (Å²) < 4.78 is 0. The molecule has 1 aromatic carbocycles. The van der Waals surface area contributed by atoms with Crippen LogP contribution in [0.4, 0.5) is 5.69 Å². The molecule has 0 saturated heterocycles. The molecule has 5 nitrogen and oxygen atoms in total. The maximum Gasteiger partial charge on any atom is 0.240 e. The number of carbonyl (C=O) groups excluding carboxylic acids is 2. The second-order valence-corrected chi connectivity index (χ2v) is 5.91. The normalized spacial score (nSPS) is 15.5. The number of hydrazone groups is 1. The summed E-state index contributed by atoms with van der Waals surface area (Å²) in [6.07, 6.45) is 1.55. The molecule has 1 aromatic rings. The van der Waals surface area contributed by atoms with E-state index in [1.54, 1.807) is 6.92 Å². The average molecular weight is 317 g/mol. The summed E-state index contributed by atoms with van der Waals surface area (Å²) in [5.41, 5.74) is 5.22. The Balaban J connectivity index is 1.99. The number of carbonyl (C=O) groups is 2. The summed E-state index contributed by atoms with van der Waals surface area (Å²) in [5.74, 6) is 0.0984. The molecule has 0 fully saturated rings. The zero-order chi connectivity index (χ0) is 16.1. The maximum atomic E-state index is 11.1. The molecule has 0 bridgehead atoms. The first-order valence-corrected chi connectivity index (χ1v) is 7.62. The third kappa shape index (κ3) is 4.46. The van der Waals surface area contributed by atoms with Crippen molar-refractivity contribution in [1.29, 1.82) is 0 Å². The lowest BCUT2D eigenvalue weighted by Crippen LogP contribution is -2.25. The predicted molar refractivity (Wildman–Crippen MR) is 91.0 cm³/mol. The fraction of sp³-hybridized carbons (Fsp3) is 0.375. The molecule has 0 aromatic heterocycles. The lowest BCUT2D eigenvalue weighted by Gasteiger charge is -2.15. The quantitative estimate of drug-likeness (QED) is 0.819. The van der Waals surface area contributed by atoms with E-state index in [0.717, 1.165) is 17.0 Å². The number of anilines is 1. The second-order valence-electron chi connectivity index (χ2n) is 5.47. The molecular formula is C16H19N3O2S. The lowest BCUT2D eigenvalue weighted by atomic mass is 10.0. The van der Waals surface area contributed by atoms with Crippen LogP contribution in [0.2, 0.25) is 0 Å². The van der Waals surface area contributed by atoms with Crippen LogP contribution in [0, 0.1) is 5.92 Å². The van der Waals surface area contributed by atoms with E-state index < -0.39 is 0 Å². The minimum absolute atomic E-state index is 0.0186. The van der Waals surface area contributed by atoms with Crippen LogP contribution in [-0.4, -0.2) is 22.4 Å². The number of nitrogens with zero attached hydrogens (tertiary/aromatic N) is 1. The Bertz CT molecular complexity index is 623. The molecule has 0 radical (unpaired) electrons. The topological polar surface area (TPSA) is 70.6 Å². The van der Waals surface area contributed by atoms with Crippen molar-refractivity contribution < 1.29 is 9.59 Å². The van der Waals surface area contributed by atoms with Crippen molar-refractivity contribution in [3.8, 4) is 0 Å². The van der Waals surface area contributed by atoms with Gasteiger partial charge in [0.1, 0.15) is 5.78 Å². The van der Waals surface area contributed by atoms with Gasteiger partial charge in [-0.15, -0.1) is 0 Å². The van der Waals surface area contributed by atoms with Crippen LogP contribution in [0.5, 0.6) is 0 Å². The first kappa shape index (κ1) is 16.3. The largest absolute Gasteiger partial charge is 0.350 e. The Hall–Kier alpha value is -2.08. The molecule has 2 rings (SSSR count). The molecule has 0 spiro atoms. The second kappa shape index (κ2) is 7.26. The SMILES string of the molecule is CC(=O)CC(C)C(=S)Nc1ccc(C2=NNC(=O)CC2)cc1. The Morgan fingerprint density at radius 1 is 1.36 bits per heavy atom. The van der Waals surface area contributed by atoms with Gasteiger partial charge in [0.15, 0.2) is 0 Å². The van der Waals surface area contributed by atoms with Gasteiger partial charge >= 0.3 is 0 Å². The number of nitrogens with one attached hydrogen (secondary N) is 2. The van der Waals surface area contributed by atoms with E-state index in [9.17, 15) is 9.59 Å². The third-order valence-corrected chi connectivity index (χ3v) is 3.94. The molecule has 2 N–H and O–H groups in total. The van der Waals surface area contributed by atoms with Crippen molar-refractivity contribution >= 4 is 40.3 Å². The minimum Gasteiger partial charge on any atom is -0.350 e. The molecule has 0 saturated carbocycles. The predicted octanol–water partition coefficient (Wildman–Crippen LogP) is 2.66. The summed E-state index contributed by atoms with van der Waals surface area (Å²) in [6, 6.07) is 7.72. The van der Waals surface area contributed by atoms with Gasteiger partial charge in [-0.3, -0.25) is 4.79 Å². The van der Waals surface area contributed by atoms with Crippen molar-refractivity contribution in [1.82, 2.24) is 5.43 Å². The zero-order valence-corrected chi connectivity index (χ0v) is 13.5. The molecule has 1 aliphatic rings. The average Bonchev–Trinajstić information content (AvgIpc) is 2.48. The van der Waals surface area contributed by atoms with Gasteiger partial charge in [-0.05, 0) is 24.6 Å². The lowest BCUT2D eigenvalue weighted by molar-refractivity contribution is -0.121. The van der Waals surface area contributed by atoms with Crippen molar-refractivity contribution in [3.05, 3.63) is 29.8 Å². The first-order valence-electron chi connectivity index (χ1n) is 7.22. The Labute approximate surface area is 135 Å². The Kier molecular flexibility index (Phi) is 5.38. The maximum absolute atomic E-state index is 11.1. The van der Waals surface area contributed by atoms with Crippen molar-refractivity contribution in [2.75, 3.05) is 5.32 Å². The smallest absolute Gasteiger partial charge is 0.240 e. The summed E-state index contributed by atoms with van der Waals surface area (Å²) in [4.78, 5) is 22.9. The highest BCUT2D eigenvalue weighted by atomic mass is 32.1. The standard InChI is InChI=1S/C16H19N3O2S/c1-10(9-11(2)20)16(22)17-13-5-3-12(4-6-13)14-7-8-15(21)19-18-14/h3-6,10H,7-9H2,1-2H3,(H,17,22)(H,19,21). The number of thiocarbonyl (C=S) groups is 1. The number of amides is 1. The minimum atomic E-state index is -0.0492. The monoisotopic (exact) mass is 317 g/mol. The zero-order valence-electron chi connectivity index (χ0n) is 12.7. The number of benzene rings is 1. The summed E-state index contributed by atoms with van der Waals surface area (Å²) >= 11 is 5.31. The molecular weight excluding hydrogens is 298 g/mol. The number of hydrogen-bond donors (Lipinski definition) is 2. The van der Waals surface area contributed by atoms with Gasteiger partial charge in [-0.25, -0.2) is 5.43 Å². The summed E-state index contributed by atoms with van der Waals surface area (Å²) in [7, 11) is 0. The molecule has 1 heterocycles. The molecule has 1 atom stereocenters. The highest BCUT2D eigenvalue weighted by molar-refractivity contribution is 7.80. The van der Waals surface area contributed by atoms with Crippen LogP contribution in [0.15, 0.2) is 29.4 Å². The van der Waals surface area contributed by atoms with E-state index in [4.69, 9.17) is 12.2 Å². The van der Waals surface area contributed by atoms with E-state index in [2.05, 4.69) is 15.8 Å². The fourth-order valence-electron chi connectivity index (χ4n) is 2.22. The molecule has 0 aliphatic carbocycles. The third-order valence-electron chi connectivity index (χ3n) is 3.43. The van der Waals surface area contributed by atoms with E-state index >= 15 is 0 Å². The van der Waals surface area contributed by atoms with Gasteiger partial charge in [-0.2, -0.15) is 5.10 Å². The number of rotatable bonds is 5. The number of ketones is 1. The first-order chi connectivity index (χ1) is 10.5. The van der Waals surface area contributed by atoms with Crippen LogP contribution in [-0.2, 0) is 9.59 Å². The Morgan fingerprint density at radius 2 is 2.05 bits per heavy atom. The highest BCUT2D eigenvalue weighted by Crippen LogP contribution is 2.16. The molecule has 1 unspecified atom stereocenters. The Morgan fingerprint density at radius 3 is 2.59 bits per heavy atom. The van der Waals surface area contributed by atoms with Gasteiger partial charge in [0.05, 0.1) is 10.7 Å². The fourth-order valence-corrected chi connectivity index (χ4v) is 2.42. The molecule has 116 valence electrons. The van der Waals surface area contributed by atoms with E-state index in [1.807, 2.05) is 31.2 Å². The molecule has 6 heteroatoms. The molecule has 22 heavy (non-hydrogen) atoms. The van der Waals surface area contributed by atoms with Gasteiger partial charge in [0, 0.05) is 30.9 Å². The number of Topliss-reactive ketones (excluding diaryl/α,β-unsaturated/α-hetero) is 1. The van der Waals surface area contributed by atoms with Gasteiger partial charge in [0.2, 0.25) is 5.91 Å². The van der Waals surface area contributed by atoms with Crippen molar-refractivity contribution in [2.45, 2.75) is 33.1 Å². The summed E-state index contributed by atoms with van der Waals surface area (Å²) in [5, 5.41) is 7.22. The highest BCUT2D eigenvalue weighted by Gasteiger charge is 2.14. The van der Waals surface area contributed by atoms with E-state index in [-0.39, 0.29) is 17.6 Å². The van der Waals surface area contributed by atoms with Gasteiger partial charge < -0.3 is 10.1 Å². The van der Waals surface area contributed by atoms with Crippen LogP contribution in [0.3, 0.4) is 0 Å². The van der Waals surface area contributed by atoms with E-state index in [0.29, 0.717) is 24.3 Å².